The molecule has 0 heterocycles. The molecule has 0 spiro atoms. The SMILES string of the molecule is CC(C(=O)NC(C)(C)C)N(Cc1ccccc1F)C(=O)CN(c1ccccc1)S(C)(=O)=O. The van der Waals surface area contributed by atoms with Crippen LogP contribution in [0.2, 0.25) is 0 Å². The fourth-order valence-corrected chi connectivity index (χ4v) is 3.92. The lowest BCUT2D eigenvalue weighted by Gasteiger charge is -2.33. The minimum atomic E-state index is -3.79. The Kier molecular flexibility index (Phi) is 8.01. The number of amides is 2. The minimum absolute atomic E-state index is 0.184. The standard InChI is InChI=1S/C23H30FN3O4S/c1-17(22(29)25-23(2,3)4)26(15-18-11-9-10-14-20(18)24)21(28)16-27(32(5,30)31)19-12-7-6-8-13-19/h6-14,17H,15-16H2,1-5H3,(H,25,29). The third kappa shape index (κ3) is 7.05. The topological polar surface area (TPSA) is 86.8 Å². The summed E-state index contributed by atoms with van der Waals surface area (Å²) in [6.45, 7) is 6.25. The second-order valence-electron chi connectivity index (χ2n) is 8.63. The molecule has 9 heteroatoms. The zero-order chi connectivity index (χ0) is 24.1. The second-order valence-corrected chi connectivity index (χ2v) is 10.5. The molecule has 0 aliphatic rings. The maximum Gasteiger partial charge on any atom is 0.244 e. The van der Waals surface area contributed by atoms with E-state index in [1.807, 2.05) is 0 Å². The summed E-state index contributed by atoms with van der Waals surface area (Å²) in [5.41, 5.74) is 0.00353. The van der Waals surface area contributed by atoms with Crippen LogP contribution in [-0.4, -0.2) is 49.5 Å². The molecule has 0 fully saturated rings. The van der Waals surface area contributed by atoms with Crippen LogP contribution < -0.4 is 9.62 Å². The van der Waals surface area contributed by atoms with Gasteiger partial charge in [0.15, 0.2) is 0 Å². The van der Waals surface area contributed by atoms with Crippen molar-refractivity contribution in [2.75, 3.05) is 17.1 Å². The molecule has 1 N–H and O–H groups in total. The molecule has 0 bridgehead atoms. The van der Waals surface area contributed by atoms with Gasteiger partial charge in [0.2, 0.25) is 21.8 Å². The van der Waals surface area contributed by atoms with E-state index in [-0.39, 0.29) is 12.1 Å². The van der Waals surface area contributed by atoms with Crippen LogP contribution in [0.4, 0.5) is 10.1 Å². The van der Waals surface area contributed by atoms with Crippen molar-refractivity contribution in [3.05, 3.63) is 66.0 Å². The number of rotatable bonds is 8. The van der Waals surface area contributed by atoms with Crippen molar-refractivity contribution in [2.45, 2.75) is 45.8 Å². The van der Waals surface area contributed by atoms with Crippen molar-refractivity contribution in [3.8, 4) is 0 Å². The van der Waals surface area contributed by atoms with E-state index in [1.165, 1.54) is 30.0 Å². The van der Waals surface area contributed by atoms with E-state index in [4.69, 9.17) is 0 Å². The van der Waals surface area contributed by atoms with Crippen molar-refractivity contribution < 1.29 is 22.4 Å². The van der Waals surface area contributed by atoms with Gasteiger partial charge < -0.3 is 10.2 Å². The molecule has 2 aromatic rings. The summed E-state index contributed by atoms with van der Waals surface area (Å²) < 4.78 is 40.1. The summed E-state index contributed by atoms with van der Waals surface area (Å²) >= 11 is 0. The number of hydrogen-bond donors (Lipinski definition) is 1. The van der Waals surface area contributed by atoms with Gasteiger partial charge in [-0.1, -0.05) is 36.4 Å². The van der Waals surface area contributed by atoms with Crippen LogP contribution in [0, 0.1) is 5.82 Å². The summed E-state index contributed by atoms with van der Waals surface area (Å²) in [6.07, 6.45) is 1.00. The quantitative estimate of drug-likeness (QED) is 0.652. The van der Waals surface area contributed by atoms with Crippen molar-refractivity contribution in [1.29, 1.82) is 0 Å². The molecular weight excluding hydrogens is 433 g/mol. The Morgan fingerprint density at radius 2 is 1.59 bits per heavy atom. The van der Waals surface area contributed by atoms with E-state index in [0.717, 1.165) is 10.6 Å². The Bertz CT molecular complexity index is 1050. The van der Waals surface area contributed by atoms with Crippen LogP contribution in [-0.2, 0) is 26.2 Å². The highest BCUT2D eigenvalue weighted by Gasteiger charge is 2.31. The minimum Gasteiger partial charge on any atom is -0.350 e. The van der Waals surface area contributed by atoms with E-state index in [9.17, 15) is 22.4 Å². The van der Waals surface area contributed by atoms with Crippen LogP contribution in [0.3, 0.4) is 0 Å². The number of hydrogen-bond acceptors (Lipinski definition) is 4. The van der Waals surface area contributed by atoms with Gasteiger partial charge in [-0.3, -0.25) is 13.9 Å². The number of anilines is 1. The van der Waals surface area contributed by atoms with Crippen molar-refractivity contribution in [3.63, 3.8) is 0 Å². The van der Waals surface area contributed by atoms with Gasteiger partial charge in [0, 0.05) is 17.6 Å². The maximum absolute atomic E-state index is 14.3. The molecule has 32 heavy (non-hydrogen) atoms. The van der Waals surface area contributed by atoms with E-state index in [0.29, 0.717) is 5.69 Å². The monoisotopic (exact) mass is 463 g/mol. The molecule has 0 aliphatic carbocycles. The number of sulfonamides is 1. The first kappa shape index (κ1) is 25.3. The molecule has 174 valence electrons. The summed E-state index contributed by atoms with van der Waals surface area (Å²) in [7, 11) is -3.79. The summed E-state index contributed by atoms with van der Waals surface area (Å²) in [6, 6.07) is 13.2. The number of nitrogens with one attached hydrogen (secondary N) is 1. The lowest BCUT2D eigenvalue weighted by atomic mass is 10.1. The molecule has 0 saturated heterocycles. The molecule has 0 aliphatic heterocycles. The molecule has 2 aromatic carbocycles. The Hall–Kier alpha value is -2.94. The molecule has 0 radical (unpaired) electrons. The maximum atomic E-state index is 14.3. The predicted octanol–water partition coefficient (Wildman–Crippen LogP) is 2.92. The first-order valence-corrected chi connectivity index (χ1v) is 12.0. The fourth-order valence-electron chi connectivity index (χ4n) is 3.07. The van der Waals surface area contributed by atoms with Crippen LogP contribution in [0.5, 0.6) is 0 Å². The number of carbonyl (C=O) groups excluding carboxylic acids is 2. The smallest absolute Gasteiger partial charge is 0.244 e. The van der Waals surface area contributed by atoms with Gasteiger partial charge in [0.25, 0.3) is 0 Å². The predicted molar refractivity (Wildman–Crippen MR) is 123 cm³/mol. The Labute approximate surface area is 189 Å². The van der Waals surface area contributed by atoms with Gasteiger partial charge in [0.05, 0.1) is 11.9 Å². The third-order valence-corrected chi connectivity index (χ3v) is 5.83. The molecule has 7 nitrogen and oxygen atoms in total. The molecule has 1 atom stereocenters. The highest BCUT2D eigenvalue weighted by molar-refractivity contribution is 7.92. The van der Waals surface area contributed by atoms with Gasteiger partial charge in [-0.25, -0.2) is 12.8 Å². The normalized spacial score (nSPS) is 12.7. The van der Waals surface area contributed by atoms with Gasteiger partial charge in [-0.05, 0) is 45.9 Å². The van der Waals surface area contributed by atoms with E-state index >= 15 is 0 Å². The highest BCUT2D eigenvalue weighted by atomic mass is 32.2. The molecule has 2 rings (SSSR count). The van der Waals surface area contributed by atoms with Crippen LogP contribution >= 0.6 is 0 Å². The van der Waals surface area contributed by atoms with E-state index in [1.54, 1.807) is 57.2 Å². The zero-order valence-electron chi connectivity index (χ0n) is 19.0. The van der Waals surface area contributed by atoms with Gasteiger partial charge in [-0.15, -0.1) is 0 Å². The average molecular weight is 464 g/mol. The van der Waals surface area contributed by atoms with Gasteiger partial charge in [-0.2, -0.15) is 0 Å². The number of halogens is 1. The van der Waals surface area contributed by atoms with Gasteiger partial charge >= 0.3 is 0 Å². The van der Waals surface area contributed by atoms with Crippen LogP contribution in [0.1, 0.15) is 33.3 Å². The zero-order valence-corrected chi connectivity index (χ0v) is 19.8. The molecule has 0 aromatic heterocycles. The molecule has 2 amide bonds. The number of benzene rings is 2. The molecule has 0 saturated carbocycles. The van der Waals surface area contributed by atoms with E-state index in [2.05, 4.69) is 5.32 Å². The first-order chi connectivity index (χ1) is 14.8. The lowest BCUT2D eigenvalue weighted by molar-refractivity contribution is -0.140. The number of carbonyl (C=O) groups is 2. The van der Waals surface area contributed by atoms with Gasteiger partial charge in [0.1, 0.15) is 18.4 Å². The van der Waals surface area contributed by atoms with Crippen molar-refractivity contribution in [2.24, 2.45) is 0 Å². The average Bonchev–Trinajstić information content (AvgIpc) is 2.69. The van der Waals surface area contributed by atoms with Crippen molar-refractivity contribution >= 4 is 27.5 Å². The summed E-state index contributed by atoms with van der Waals surface area (Å²) in [5.74, 6) is -1.57. The lowest BCUT2D eigenvalue weighted by Crippen LogP contribution is -2.54. The number of nitrogens with zero attached hydrogens (tertiary/aromatic N) is 2. The Balaban J connectivity index is 2.39. The number of para-hydroxylation sites is 1. The third-order valence-electron chi connectivity index (χ3n) is 4.69. The molecule has 1 unspecified atom stereocenters. The summed E-state index contributed by atoms with van der Waals surface area (Å²) in [5, 5.41) is 2.81. The van der Waals surface area contributed by atoms with Crippen LogP contribution in [0.25, 0.3) is 0 Å². The molecular formula is C23H30FN3O4S. The second kappa shape index (κ2) is 10.1. The first-order valence-electron chi connectivity index (χ1n) is 10.2. The Morgan fingerprint density at radius 1 is 1.03 bits per heavy atom. The summed E-state index contributed by atoms with van der Waals surface area (Å²) in [4.78, 5) is 27.3. The largest absolute Gasteiger partial charge is 0.350 e. The fraction of sp³-hybridized carbons (Fsp3) is 0.391. The Morgan fingerprint density at radius 3 is 2.12 bits per heavy atom. The van der Waals surface area contributed by atoms with Crippen LogP contribution in [0.15, 0.2) is 54.6 Å². The van der Waals surface area contributed by atoms with Crippen molar-refractivity contribution in [1.82, 2.24) is 10.2 Å². The van der Waals surface area contributed by atoms with E-state index < -0.39 is 45.8 Å². The highest BCUT2D eigenvalue weighted by Crippen LogP contribution is 2.19.